The van der Waals surface area contributed by atoms with Gasteiger partial charge in [0.15, 0.2) is 6.29 Å². The number of hydrogen-bond acceptors (Lipinski definition) is 8. The van der Waals surface area contributed by atoms with Crippen LogP contribution in [0.2, 0.25) is 0 Å². The Bertz CT molecular complexity index is 983. The summed E-state index contributed by atoms with van der Waals surface area (Å²) in [4.78, 5) is 11.8. The van der Waals surface area contributed by atoms with Crippen LogP contribution in [0.1, 0.15) is 85.0 Å². The molecule has 0 aromatic heterocycles. The molecule has 8 nitrogen and oxygen atoms in total. The Kier molecular flexibility index (Phi) is 6.61. The first-order valence-corrected chi connectivity index (χ1v) is 14.8. The maximum Gasteiger partial charge on any atom is 0.331 e. The first-order chi connectivity index (χ1) is 17.9. The van der Waals surface area contributed by atoms with Gasteiger partial charge in [0.05, 0.1) is 29.5 Å². The fourth-order valence-corrected chi connectivity index (χ4v) is 10.0. The van der Waals surface area contributed by atoms with Gasteiger partial charge in [-0.15, -0.1) is 0 Å². The number of methoxy groups -OCH3 is 1. The molecule has 2 aliphatic heterocycles. The molecule has 214 valence electrons. The van der Waals surface area contributed by atoms with Crippen molar-refractivity contribution in [3.05, 3.63) is 11.6 Å². The molecule has 38 heavy (non-hydrogen) atoms. The maximum absolute atomic E-state index is 12.4. The predicted octanol–water partition coefficient (Wildman–Crippen LogP) is 3.25. The highest BCUT2D eigenvalue weighted by Gasteiger charge is 2.70. The quantitative estimate of drug-likeness (QED) is 0.372. The fourth-order valence-electron chi connectivity index (χ4n) is 10.0. The lowest BCUT2D eigenvalue weighted by Crippen LogP contribution is -2.67. The average Bonchev–Trinajstić information content (AvgIpc) is 3.41. The van der Waals surface area contributed by atoms with Crippen molar-refractivity contribution in [3.8, 4) is 0 Å². The SMILES string of the molecule is CO[C@H]1C[C@H](O[C@H]2CC[C@]3(C)C4CC[C@]5(C)[C@@H](C6=CC(=O)OC6)CC[C@]5(O)C4CC[C@]3(O)C2)O[C@H](C)[C@H]1O. The van der Waals surface area contributed by atoms with Crippen LogP contribution in [0.25, 0.3) is 0 Å². The number of fused-ring (bicyclic) bond motifs is 5. The van der Waals surface area contributed by atoms with E-state index in [4.69, 9.17) is 18.9 Å². The molecule has 2 heterocycles. The van der Waals surface area contributed by atoms with Crippen LogP contribution in [-0.4, -0.2) is 76.9 Å². The number of aliphatic hydroxyl groups is 3. The molecule has 0 radical (unpaired) electrons. The van der Waals surface area contributed by atoms with Gasteiger partial charge in [-0.25, -0.2) is 4.79 Å². The average molecular weight is 535 g/mol. The lowest BCUT2D eigenvalue weighted by molar-refractivity contribution is -0.291. The van der Waals surface area contributed by atoms with Crippen molar-refractivity contribution >= 4 is 5.97 Å². The molecular weight excluding hydrogens is 488 g/mol. The summed E-state index contributed by atoms with van der Waals surface area (Å²) in [5, 5.41) is 34.9. The van der Waals surface area contributed by atoms with E-state index in [-0.39, 0.29) is 52.9 Å². The molecule has 0 amide bonds. The van der Waals surface area contributed by atoms with Gasteiger partial charge >= 0.3 is 5.97 Å². The van der Waals surface area contributed by atoms with E-state index in [0.717, 1.165) is 50.5 Å². The van der Waals surface area contributed by atoms with Crippen molar-refractivity contribution in [2.75, 3.05) is 13.7 Å². The number of hydrogen-bond donors (Lipinski definition) is 3. The first-order valence-electron chi connectivity index (χ1n) is 14.8. The van der Waals surface area contributed by atoms with Gasteiger partial charge in [-0.3, -0.25) is 0 Å². The Morgan fingerprint density at radius 3 is 2.45 bits per heavy atom. The topological polar surface area (TPSA) is 115 Å². The lowest BCUT2D eigenvalue weighted by atomic mass is 9.42. The molecule has 6 aliphatic rings. The highest BCUT2D eigenvalue weighted by molar-refractivity contribution is 5.85. The van der Waals surface area contributed by atoms with E-state index >= 15 is 0 Å². The van der Waals surface area contributed by atoms with E-state index in [2.05, 4.69) is 13.8 Å². The van der Waals surface area contributed by atoms with Crippen LogP contribution >= 0.6 is 0 Å². The van der Waals surface area contributed by atoms with Gasteiger partial charge in [0, 0.05) is 31.4 Å². The Balaban J connectivity index is 1.18. The molecule has 4 saturated carbocycles. The minimum atomic E-state index is -0.853. The van der Waals surface area contributed by atoms with Crippen molar-refractivity contribution in [2.24, 2.45) is 28.6 Å². The van der Waals surface area contributed by atoms with Gasteiger partial charge in [0.25, 0.3) is 0 Å². The van der Waals surface area contributed by atoms with Crippen LogP contribution in [0.15, 0.2) is 11.6 Å². The Hall–Kier alpha value is -1.03. The third-order valence-corrected chi connectivity index (χ3v) is 12.4. The van der Waals surface area contributed by atoms with Crippen LogP contribution in [-0.2, 0) is 23.7 Å². The molecule has 5 fully saturated rings. The number of aliphatic hydroxyl groups excluding tert-OH is 1. The van der Waals surface area contributed by atoms with E-state index in [0.29, 0.717) is 25.9 Å². The van der Waals surface area contributed by atoms with E-state index in [9.17, 15) is 20.1 Å². The number of rotatable bonds is 4. The molecule has 0 aromatic carbocycles. The molecule has 8 heteroatoms. The summed E-state index contributed by atoms with van der Waals surface area (Å²) >= 11 is 0. The smallest absolute Gasteiger partial charge is 0.331 e. The van der Waals surface area contributed by atoms with Crippen LogP contribution in [0, 0.1) is 28.6 Å². The molecule has 2 unspecified atom stereocenters. The normalized spacial score (nSPS) is 54.5. The van der Waals surface area contributed by atoms with Gasteiger partial charge in [0.2, 0.25) is 0 Å². The molecule has 0 aromatic rings. The van der Waals surface area contributed by atoms with Crippen LogP contribution in [0.5, 0.6) is 0 Å². The van der Waals surface area contributed by atoms with Crippen LogP contribution < -0.4 is 0 Å². The Morgan fingerprint density at radius 2 is 1.74 bits per heavy atom. The van der Waals surface area contributed by atoms with Crippen LogP contribution in [0.3, 0.4) is 0 Å². The molecule has 1 saturated heterocycles. The number of cyclic esters (lactones) is 1. The first kappa shape index (κ1) is 27.2. The molecule has 0 bridgehead atoms. The van der Waals surface area contributed by atoms with Crippen molar-refractivity contribution in [3.63, 3.8) is 0 Å². The van der Waals surface area contributed by atoms with Gasteiger partial charge in [-0.05, 0) is 87.0 Å². The molecule has 6 rings (SSSR count). The Labute approximate surface area is 226 Å². The van der Waals surface area contributed by atoms with Crippen LogP contribution in [0.4, 0.5) is 0 Å². The van der Waals surface area contributed by atoms with Gasteiger partial charge in [-0.1, -0.05) is 13.8 Å². The summed E-state index contributed by atoms with van der Waals surface area (Å²) in [5.41, 5.74) is -1.17. The maximum atomic E-state index is 12.4. The summed E-state index contributed by atoms with van der Waals surface area (Å²) < 4.78 is 23.0. The zero-order chi connectivity index (χ0) is 27.1. The Morgan fingerprint density at radius 1 is 1.00 bits per heavy atom. The molecular formula is C30H46O8. The second-order valence-electron chi connectivity index (χ2n) is 13.8. The minimum Gasteiger partial charge on any atom is -0.458 e. The zero-order valence-corrected chi connectivity index (χ0v) is 23.4. The summed E-state index contributed by atoms with van der Waals surface area (Å²) in [5.74, 6) is 0.293. The van der Waals surface area contributed by atoms with Crippen molar-refractivity contribution < 1.29 is 39.1 Å². The second-order valence-corrected chi connectivity index (χ2v) is 13.8. The lowest BCUT2D eigenvalue weighted by Gasteiger charge is -2.66. The monoisotopic (exact) mass is 534 g/mol. The zero-order valence-electron chi connectivity index (χ0n) is 23.4. The van der Waals surface area contributed by atoms with E-state index in [1.54, 1.807) is 13.2 Å². The van der Waals surface area contributed by atoms with Crippen molar-refractivity contribution in [1.82, 2.24) is 0 Å². The summed E-state index contributed by atoms with van der Waals surface area (Å²) in [7, 11) is 1.60. The van der Waals surface area contributed by atoms with Gasteiger partial charge in [-0.2, -0.15) is 0 Å². The second kappa shape index (κ2) is 9.25. The summed E-state index contributed by atoms with van der Waals surface area (Å²) in [6.45, 7) is 6.67. The number of carbonyl (C=O) groups excluding carboxylic acids is 1. The third-order valence-electron chi connectivity index (χ3n) is 12.4. The minimum absolute atomic E-state index is 0.116. The van der Waals surface area contributed by atoms with Crippen molar-refractivity contribution in [1.29, 1.82) is 0 Å². The fraction of sp³-hybridized carbons (Fsp3) is 0.900. The third kappa shape index (κ3) is 3.81. The number of esters is 1. The van der Waals surface area contributed by atoms with E-state index in [1.807, 2.05) is 6.92 Å². The number of carbonyl (C=O) groups is 1. The van der Waals surface area contributed by atoms with Gasteiger partial charge < -0.3 is 34.3 Å². The summed E-state index contributed by atoms with van der Waals surface area (Å²) in [6, 6.07) is 0. The van der Waals surface area contributed by atoms with Gasteiger partial charge in [0.1, 0.15) is 12.7 Å². The molecule has 4 aliphatic carbocycles. The molecule has 3 N–H and O–H groups in total. The summed E-state index contributed by atoms with van der Waals surface area (Å²) in [6.07, 6.45) is 7.36. The predicted molar refractivity (Wildman–Crippen MR) is 138 cm³/mol. The highest BCUT2D eigenvalue weighted by atomic mass is 16.7. The number of ether oxygens (including phenoxy) is 4. The molecule has 0 spiro atoms. The van der Waals surface area contributed by atoms with E-state index in [1.165, 1.54) is 0 Å². The van der Waals surface area contributed by atoms with E-state index < -0.39 is 23.6 Å². The molecule has 12 atom stereocenters. The largest absolute Gasteiger partial charge is 0.458 e. The van der Waals surface area contributed by atoms with Crippen molar-refractivity contribution in [2.45, 2.75) is 127 Å². The highest BCUT2D eigenvalue weighted by Crippen LogP contribution is 2.70. The standard InChI is InChI=1S/C30H46O8/c1-17-26(32)23(35-4)14-25(37-17)38-19-5-9-27(2)21-6-10-28(3)20(18-13-24(31)36-16-18)8-12-30(28,34)22(21)7-11-29(27,33)15-19/h13,17,19-23,25-26,32-34H,5-12,14-16H2,1-4H3/t17-,19+,20-,21?,22?,23+,25+,26-,27-,28-,29+,30+/m1/s1.